The van der Waals surface area contributed by atoms with Crippen molar-refractivity contribution < 1.29 is 44.9 Å². The van der Waals surface area contributed by atoms with Crippen LogP contribution in [0.5, 0.6) is 23.1 Å². The van der Waals surface area contributed by atoms with Crippen LogP contribution >= 0.6 is 0 Å². The quantitative estimate of drug-likeness (QED) is 0.112. The zero-order valence-corrected chi connectivity index (χ0v) is 28.5. The SMILES string of the molecule is [C-]#[N+]c1c(Oc2ccc(F)cc2F)[nH]c(/C(Oc2c(C)cc(C)cc2C)=C2\N=C(Oc3ccc(F)cc3F)C(C(F)(F)F)=C2C(C)C)c1C(C)C. The van der Waals surface area contributed by atoms with Gasteiger partial charge in [-0.25, -0.2) is 27.4 Å². The van der Waals surface area contributed by atoms with Gasteiger partial charge in [0.2, 0.25) is 11.8 Å². The molecular weight excluding hydrogens is 679 g/mol. The number of nitrogens with one attached hydrogen (secondary N) is 1. The molecule has 0 spiro atoms. The van der Waals surface area contributed by atoms with E-state index in [1.54, 1.807) is 27.7 Å². The number of aromatic nitrogens is 1. The summed E-state index contributed by atoms with van der Waals surface area (Å²) in [5.74, 6) is -7.97. The van der Waals surface area contributed by atoms with Gasteiger partial charge in [-0.3, -0.25) is 0 Å². The predicted molar refractivity (Wildman–Crippen MR) is 178 cm³/mol. The number of halogens is 7. The maximum absolute atomic E-state index is 15.0. The zero-order chi connectivity index (χ0) is 37.5. The Morgan fingerprint density at radius 1 is 0.804 bits per heavy atom. The lowest BCUT2D eigenvalue weighted by Gasteiger charge is -2.21. The van der Waals surface area contributed by atoms with Gasteiger partial charge >= 0.3 is 6.18 Å². The highest BCUT2D eigenvalue weighted by Gasteiger charge is 2.47. The molecule has 1 aliphatic heterocycles. The second kappa shape index (κ2) is 14.0. The molecule has 0 amide bonds. The van der Waals surface area contributed by atoms with Crippen molar-refractivity contribution in [1.29, 1.82) is 0 Å². The molecule has 51 heavy (non-hydrogen) atoms. The molecule has 0 saturated carbocycles. The van der Waals surface area contributed by atoms with Crippen LogP contribution in [0.3, 0.4) is 0 Å². The highest BCUT2D eigenvalue weighted by atomic mass is 19.4. The Labute approximate surface area is 289 Å². The van der Waals surface area contributed by atoms with E-state index < -0.39 is 64.3 Å². The minimum absolute atomic E-state index is 0.0134. The van der Waals surface area contributed by atoms with Crippen molar-refractivity contribution in [3.63, 3.8) is 0 Å². The Bertz CT molecular complexity index is 2150. The number of allylic oxidation sites excluding steroid dienone is 1. The molecule has 0 aliphatic carbocycles. The summed E-state index contributed by atoms with van der Waals surface area (Å²) in [5.41, 5.74) is 0.168. The first-order valence-electron chi connectivity index (χ1n) is 15.7. The molecule has 5 rings (SSSR count). The van der Waals surface area contributed by atoms with Gasteiger partial charge in [0.1, 0.15) is 28.7 Å². The van der Waals surface area contributed by atoms with Crippen molar-refractivity contribution in [2.24, 2.45) is 10.9 Å². The second-order valence-corrected chi connectivity index (χ2v) is 12.6. The molecule has 1 aliphatic rings. The van der Waals surface area contributed by atoms with Crippen LogP contribution in [0.4, 0.5) is 36.4 Å². The van der Waals surface area contributed by atoms with Crippen molar-refractivity contribution in [1.82, 2.24) is 4.98 Å². The molecule has 13 heteroatoms. The van der Waals surface area contributed by atoms with E-state index in [0.717, 1.165) is 29.8 Å². The number of aryl methyl sites for hydroxylation is 3. The summed E-state index contributed by atoms with van der Waals surface area (Å²) in [6.45, 7) is 19.8. The summed E-state index contributed by atoms with van der Waals surface area (Å²) < 4.78 is 120. The smallest absolute Gasteiger partial charge is 0.421 e. The van der Waals surface area contributed by atoms with E-state index >= 15 is 13.2 Å². The number of H-pyrrole nitrogens is 1. The fourth-order valence-corrected chi connectivity index (χ4v) is 5.92. The molecule has 0 bridgehead atoms. The van der Waals surface area contributed by atoms with Crippen LogP contribution in [0.2, 0.25) is 0 Å². The number of ether oxygens (including phenoxy) is 3. The molecule has 1 N–H and O–H groups in total. The normalized spacial score (nSPS) is 14.3. The van der Waals surface area contributed by atoms with Gasteiger partial charge in [0, 0.05) is 17.7 Å². The van der Waals surface area contributed by atoms with Crippen LogP contribution in [-0.4, -0.2) is 17.1 Å². The topological polar surface area (TPSA) is 60.2 Å². The summed E-state index contributed by atoms with van der Waals surface area (Å²) >= 11 is 0. The molecule has 3 aromatic carbocycles. The van der Waals surface area contributed by atoms with Crippen molar-refractivity contribution in [3.8, 4) is 23.1 Å². The van der Waals surface area contributed by atoms with Gasteiger partial charge in [-0.1, -0.05) is 45.4 Å². The number of aliphatic imine (C=N–C) groups is 1. The molecule has 0 fully saturated rings. The van der Waals surface area contributed by atoms with E-state index in [2.05, 4.69) is 14.8 Å². The number of alkyl halides is 3. The lowest BCUT2D eigenvalue weighted by molar-refractivity contribution is -0.0878. The lowest BCUT2D eigenvalue weighted by Crippen LogP contribution is -2.24. The number of nitrogens with zero attached hydrogens (tertiary/aromatic N) is 2. The van der Waals surface area contributed by atoms with E-state index in [0.29, 0.717) is 23.3 Å². The van der Waals surface area contributed by atoms with Crippen molar-refractivity contribution >= 4 is 17.3 Å². The summed E-state index contributed by atoms with van der Waals surface area (Å²) in [4.78, 5) is 10.8. The summed E-state index contributed by atoms with van der Waals surface area (Å²) in [7, 11) is 0. The van der Waals surface area contributed by atoms with Crippen LogP contribution < -0.4 is 14.2 Å². The average molecular weight is 712 g/mol. The first-order chi connectivity index (χ1) is 23.9. The number of benzene rings is 3. The summed E-state index contributed by atoms with van der Waals surface area (Å²) in [5, 5.41) is 0. The molecule has 0 saturated heterocycles. The van der Waals surface area contributed by atoms with E-state index in [-0.39, 0.29) is 45.6 Å². The van der Waals surface area contributed by atoms with Gasteiger partial charge in [0.25, 0.3) is 5.69 Å². The van der Waals surface area contributed by atoms with Gasteiger partial charge in [-0.2, -0.15) is 13.2 Å². The third kappa shape index (κ3) is 7.36. The lowest BCUT2D eigenvalue weighted by atomic mass is 9.93. The monoisotopic (exact) mass is 711 g/mol. The van der Waals surface area contributed by atoms with Gasteiger partial charge in [0.15, 0.2) is 28.9 Å². The highest BCUT2D eigenvalue weighted by Crippen LogP contribution is 2.49. The van der Waals surface area contributed by atoms with Crippen molar-refractivity contribution in [2.75, 3.05) is 0 Å². The molecule has 266 valence electrons. The molecule has 2 heterocycles. The molecular formula is C38H32F7N3O3. The number of hydrogen-bond acceptors (Lipinski definition) is 4. The standard InChI is InChI=1S/C38H32F7N3O3/c1-17(2)28-30(38(43,44)45)36(49-26-11-9-22(39)15-24(26)41)47-31(28)35(51-34-20(6)13-19(5)14-21(34)7)32-29(18(3)4)33(46-8)37(48-32)50-27-12-10-23(40)16-25(27)42/h9-18,48H,1-7H3/b35-31+. The predicted octanol–water partition coefficient (Wildman–Crippen LogP) is 11.7. The van der Waals surface area contributed by atoms with Crippen LogP contribution in [0.15, 0.2) is 70.4 Å². The Morgan fingerprint density at radius 3 is 1.82 bits per heavy atom. The average Bonchev–Trinajstić information content (AvgIpc) is 3.58. The van der Waals surface area contributed by atoms with E-state index in [1.807, 2.05) is 19.1 Å². The summed E-state index contributed by atoms with van der Waals surface area (Å²) in [6.07, 6.45) is -5.08. The molecule has 1 aromatic heterocycles. The molecule has 0 radical (unpaired) electrons. The highest BCUT2D eigenvalue weighted by molar-refractivity contribution is 6.03. The maximum Gasteiger partial charge on any atom is 0.421 e. The van der Waals surface area contributed by atoms with Gasteiger partial charge < -0.3 is 19.2 Å². The fraction of sp³-hybridized carbons (Fsp3) is 0.263. The first-order valence-corrected chi connectivity index (χ1v) is 15.7. The van der Waals surface area contributed by atoms with Gasteiger partial charge in [-0.05, 0) is 73.6 Å². The van der Waals surface area contributed by atoms with E-state index in [4.69, 9.17) is 20.8 Å². The van der Waals surface area contributed by atoms with Crippen LogP contribution in [0.25, 0.3) is 10.6 Å². The van der Waals surface area contributed by atoms with Gasteiger partial charge in [-0.15, -0.1) is 0 Å². The summed E-state index contributed by atoms with van der Waals surface area (Å²) in [6, 6.07) is 8.33. The Balaban J connectivity index is 1.88. The van der Waals surface area contributed by atoms with Crippen LogP contribution in [0, 0.1) is 56.5 Å². The Kier molecular flexibility index (Phi) is 10.1. The molecule has 0 atom stereocenters. The largest absolute Gasteiger partial charge is 0.452 e. The fourth-order valence-electron chi connectivity index (χ4n) is 5.92. The molecule has 0 unspecified atom stereocenters. The van der Waals surface area contributed by atoms with Gasteiger partial charge in [0.05, 0.1) is 12.3 Å². The number of hydrogen-bond donors (Lipinski definition) is 1. The van der Waals surface area contributed by atoms with Crippen molar-refractivity contribution in [2.45, 2.75) is 60.6 Å². The minimum atomic E-state index is -5.08. The zero-order valence-electron chi connectivity index (χ0n) is 28.5. The number of rotatable bonds is 8. The Morgan fingerprint density at radius 2 is 1.35 bits per heavy atom. The third-order valence-corrected chi connectivity index (χ3v) is 7.94. The first kappa shape index (κ1) is 36.8. The third-order valence-electron chi connectivity index (χ3n) is 7.94. The van der Waals surface area contributed by atoms with E-state index in [1.165, 1.54) is 13.8 Å². The van der Waals surface area contributed by atoms with Crippen molar-refractivity contribution in [3.05, 3.63) is 128 Å². The molecule has 4 aromatic rings. The van der Waals surface area contributed by atoms with Crippen LogP contribution in [0.1, 0.15) is 61.6 Å². The number of aromatic amines is 1. The Hall–Kier alpha value is -5.51. The minimum Gasteiger partial charge on any atom is -0.452 e. The van der Waals surface area contributed by atoms with Crippen LogP contribution in [-0.2, 0) is 0 Å². The molecule has 6 nitrogen and oxygen atoms in total. The van der Waals surface area contributed by atoms with E-state index in [9.17, 15) is 17.6 Å². The maximum atomic E-state index is 15.0. The second-order valence-electron chi connectivity index (χ2n) is 12.6.